The fraction of sp³-hybridized carbons (Fsp3) is 0.235. The van der Waals surface area contributed by atoms with Gasteiger partial charge in [-0.15, -0.1) is 0 Å². The van der Waals surface area contributed by atoms with Gasteiger partial charge in [0.05, 0.1) is 12.6 Å². The van der Waals surface area contributed by atoms with Gasteiger partial charge < -0.3 is 15.4 Å². The Morgan fingerprint density at radius 3 is 2.13 bits per heavy atom. The van der Waals surface area contributed by atoms with Gasteiger partial charge in [0.1, 0.15) is 23.1 Å². The van der Waals surface area contributed by atoms with E-state index in [0.717, 1.165) is 17.7 Å². The lowest BCUT2D eigenvalue weighted by Gasteiger charge is -2.27. The van der Waals surface area contributed by atoms with E-state index < -0.39 is 28.9 Å². The molecule has 23 heavy (non-hydrogen) atoms. The molecule has 0 aliphatic carbocycles. The number of benzene rings is 2. The van der Waals surface area contributed by atoms with Crippen LogP contribution in [-0.2, 0) is 5.54 Å². The van der Waals surface area contributed by atoms with Gasteiger partial charge in [-0.2, -0.15) is 0 Å². The number of carbonyl (C=O) groups excluding carboxylic acids is 1. The van der Waals surface area contributed by atoms with Gasteiger partial charge in [-0.05, 0) is 43.7 Å². The van der Waals surface area contributed by atoms with E-state index in [0.29, 0.717) is 5.75 Å². The van der Waals surface area contributed by atoms with Gasteiger partial charge in [-0.25, -0.2) is 13.6 Å². The van der Waals surface area contributed by atoms with Gasteiger partial charge in [-0.3, -0.25) is 0 Å². The molecule has 4 nitrogen and oxygen atoms in total. The van der Waals surface area contributed by atoms with Crippen LogP contribution in [0, 0.1) is 11.6 Å². The molecule has 2 aromatic rings. The third-order valence-electron chi connectivity index (χ3n) is 3.44. The summed E-state index contributed by atoms with van der Waals surface area (Å²) in [5, 5.41) is 4.89. The van der Waals surface area contributed by atoms with Crippen molar-refractivity contribution in [2.75, 3.05) is 12.4 Å². The van der Waals surface area contributed by atoms with Crippen molar-refractivity contribution in [1.82, 2.24) is 5.32 Å². The Bertz CT molecular complexity index is 680. The Kier molecular flexibility index (Phi) is 4.83. The predicted molar refractivity (Wildman–Crippen MR) is 84.5 cm³/mol. The zero-order valence-electron chi connectivity index (χ0n) is 13.1. The first kappa shape index (κ1) is 16.7. The van der Waals surface area contributed by atoms with E-state index in [1.165, 1.54) is 6.07 Å². The Morgan fingerprint density at radius 2 is 1.61 bits per heavy atom. The van der Waals surface area contributed by atoms with Gasteiger partial charge >= 0.3 is 6.03 Å². The van der Waals surface area contributed by atoms with Gasteiger partial charge in [0.2, 0.25) is 0 Å². The Morgan fingerprint density at radius 1 is 1.04 bits per heavy atom. The zero-order valence-corrected chi connectivity index (χ0v) is 13.1. The van der Waals surface area contributed by atoms with Gasteiger partial charge in [0.25, 0.3) is 0 Å². The summed E-state index contributed by atoms with van der Waals surface area (Å²) >= 11 is 0. The van der Waals surface area contributed by atoms with E-state index in [1.807, 2.05) is 12.1 Å². The van der Waals surface area contributed by atoms with Crippen molar-refractivity contribution >= 4 is 11.7 Å². The Hall–Kier alpha value is -2.63. The predicted octanol–water partition coefficient (Wildman–Crippen LogP) is 4.03. The highest BCUT2D eigenvalue weighted by Gasteiger charge is 2.24. The maximum absolute atomic E-state index is 13.6. The summed E-state index contributed by atoms with van der Waals surface area (Å²) in [4.78, 5) is 12.0. The standard InChI is InChI=1S/C17H18F2N2O2/c1-17(2,11-7-9-12(23-3)10-8-11)21-16(22)20-15-13(18)5-4-6-14(15)19/h4-10H,1-3H3,(H2,20,21,22). The zero-order chi connectivity index (χ0) is 17.0. The minimum Gasteiger partial charge on any atom is -0.497 e. The molecule has 0 atom stereocenters. The summed E-state index contributed by atoms with van der Waals surface area (Å²) in [6.45, 7) is 3.57. The van der Waals surface area contributed by atoms with Crippen molar-refractivity contribution in [2.45, 2.75) is 19.4 Å². The molecule has 0 aromatic heterocycles. The van der Waals surface area contributed by atoms with E-state index in [9.17, 15) is 13.6 Å². The lowest BCUT2D eigenvalue weighted by molar-refractivity contribution is 0.241. The summed E-state index contributed by atoms with van der Waals surface area (Å²) < 4.78 is 32.2. The number of para-hydroxylation sites is 1. The average Bonchev–Trinajstić information content (AvgIpc) is 2.51. The first-order chi connectivity index (χ1) is 10.8. The maximum Gasteiger partial charge on any atom is 0.320 e. The van der Waals surface area contributed by atoms with Crippen LogP contribution >= 0.6 is 0 Å². The lowest BCUT2D eigenvalue weighted by Crippen LogP contribution is -2.43. The molecule has 2 aromatic carbocycles. The molecule has 0 radical (unpaired) electrons. The van der Waals surface area contributed by atoms with Crippen molar-refractivity contribution in [3.05, 3.63) is 59.7 Å². The lowest BCUT2D eigenvalue weighted by atomic mass is 9.94. The highest BCUT2D eigenvalue weighted by atomic mass is 19.1. The van der Waals surface area contributed by atoms with Crippen LogP contribution in [0.1, 0.15) is 19.4 Å². The minimum atomic E-state index is -0.831. The SMILES string of the molecule is COc1ccc(C(C)(C)NC(=O)Nc2c(F)cccc2F)cc1. The summed E-state index contributed by atoms with van der Waals surface area (Å²) in [5.74, 6) is -0.966. The monoisotopic (exact) mass is 320 g/mol. The van der Waals surface area contributed by atoms with Crippen LogP contribution in [0.5, 0.6) is 5.75 Å². The number of halogens is 2. The Balaban J connectivity index is 2.11. The molecule has 122 valence electrons. The molecular formula is C17H18F2N2O2. The number of hydrogen-bond acceptors (Lipinski definition) is 2. The fourth-order valence-electron chi connectivity index (χ4n) is 2.13. The molecule has 2 amide bonds. The molecule has 0 aliphatic heterocycles. The van der Waals surface area contributed by atoms with Crippen molar-refractivity contribution in [3.8, 4) is 5.75 Å². The number of carbonyl (C=O) groups is 1. The highest BCUT2D eigenvalue weighted by molar-refractivity contribution is 5.90. The van der Waals surface area contributed by atoms with Crippen LogP contribution < -0.4 is 15.4 Å². The molecule has 0 saturated heterocycles. The number of rotatable bonds is 4. The number of hydrogen-bond donors (Lipinski definition) is 2. The molecule has 0 spiro atoms. The molecule has 0 saturated carbocycles. The van der Waals surface area contributed by atoms with Gasteiger partial charge in [0, 0.05) is 0 Å². The number of ether oxygens (including phenoxy) is 1. The smallest absolute Gasteiger partial charge is 0.320 e. The highest BCUT2D eigenvalue weighted by Crippen LogP contribution is 2.23. The first-order valence-electron chi connectivity index (χ1n) is 7.01. The van der Waals surface area contributed by atoms with E-state index in [-0.39, 0.29) is 0 Å². The molecule has 0 bridgehead atoms. The average molecular weight is 320 g/mol. The molecule has 2 rings (SSSR count). The number of urea groups is 1. The molecule has 0 aliphatic rings. The summed E-state index contributed by atoms with van der Waals surface area (Å²) in [6, 6.07) is 9.84. The molecule has 0 heterocycles. The summed E-state index contributed by atoms with van der Waals surface area (Å²) in [6.07, 6.45) is 0. The maximum atomic E-state index is 13.6. The molecular weight excluding hydrogens is 302 g/mol. The second-order valence-electron chi connectivity index (χ2n) is 5.53. The van der Waals surface area contributed by atoms with Crippen LogP contribution in [0.2, 0.25) is 0 Å². The Labute approximate surface area is 133 Å². The quantitative estimate of drug-likeness (QED) is 0.893. The van der Waals surface area contributed by atoms with E-state index >= 15 is 0 Å². The number of anilines is 1. The van der Waals surface area contributed by atoms with Crippen molar-refractivity contribution in [3.63, 3.8) is 0 Å². The minimum absolute atomic E-state index is 0.476. The number of amides is 2. The van der Waals surface area contributed by atoms with Crippen molar-refractivity contribution in [1.29, 1.82) is 0 Å². The largest absolute Gasteiger partial charge is 0.497 e. The fourth-order valence-corrected chi connectivity index (χ4v) is 2.13. The van der Waals surface area contributed by atoms with Crippen LogP contribution in [0.25, 0.3) is 0 Å². The van der Waals surface area contributed by atoms with Gasteiger partial charge in [0.15, 0.2) is 0 Å². The number of methoxy groups -OCH3 is 1. The van der Waals surface area contributed by atoms with E-state index in [2.05, 4.69) is 10.6 Å². The summed E-state index contributed by atoms with van der Waals surface area (Å²) in [5.41, 5.74) is -0.393. The summed E-state index contributed by atoms with van der Waals surface area (Å²) in [7, 11) is 1.56. The number of nitrogens with one attached hydrogen (secondary N) is 2. The van der Waals surface area contributed by atoms with E-state index in [1.54, 1.807) is 33.1 Å². The van der Waals surface area contributed by atoms with Crippen LogP contribution in [-0.4, -0.2) is 13.1 Å². The first-order valence-corrected chi connectivity index (χ1v) is 7.01. The van der Waals surface area contributed by atoms with Crippen LogP contribution in [0.15, 0.2) is 42.5 Å². The van der Waals surface area contributed by atoms with Crippen LogP contribution in [0.3, 0.4) is 0 Å². The third kappa shape index (κ3) is 3.97. The molecule has 2 N–H and O–H groups in total. The van der Waals surface area contributed by atoms with E-state index in [4.69, 9.17) is 4.74 Å². The van der Waals surface area contributed by atoms with Crippen molar-refractivity contribution < 1.29 is 18.3 Å². The molecule has 6 heteroatoms. The topological polar surface area (TPSA) is 50.4 Å². The second-order valence-corrected chi connectivity index (χ2v) is 5.53. The van der Waals surface area contributed by atoms with Crippen LogP contribution in [0.4, 0.5) is 19.3 Å². The molecule has 0 fully saturated rings. The van der Waals surface area contributed by atoms with Gasteiger partial charge in [-0.1, -0.05) is 18.2 Å². The molecule has 0 unspecified atom stereocenters. The second kappa shape index (κ2) is 6.64. The van der Waals surface area contributed by atoms with Crippen molar-refractivity contribution in [2.24, 2.45) is 0 Å². The third-order valence-corrected chi connectivity index (χ3v) is 3.44. The normalized spacial score (nSPS) is 11.0.